The Hall–Kier alpha value is -1.84. The second-order valence-corrected chi connectivity index (χ2v) is 4.01. The van der Waals surface area contributed by atoms with E-state index >= 15 is 0 Å². The molecule has 0 aromatic heterocycles. The summed E-state index contributed by atoms with van der Waals surface area (Å²) in [6.07, 6.45) is 6.60. The number of nitrogens with two attached hydrogens (primary N) is 1. The standard InChI is InChI=1S/C12H14N2O2/c13-11-7-6-10(8-12(11)14(15)16)9-4-2-1-3-5-9/h4,6-8H,1-3,5,13H2. The van der Waals surface area contributed by atoms with Gasteiger partial charge >= 0.3 is 0 Å². The van der Waals surface area contributed by atoms with E-state index in [0.29, 0.717) is 0 Å². The van der Waals surface area contributed by atoms with E-state index in [2.05, 4.69) is 6.08 Å². The van der Waals surface area contributed by atoms with Crippen LogP contribution in [0.1, 0.15) is 31.2 Å². The van der Waals surface area contributed by atoms with Crippen LogP contribution in [0.2, 0.25) is 0 Å². The van der Waals surface area contributed by atoms with E-state index in [-0.39, 0.29) is 11.4 Å². The van der Waals surface area contributed by atoms with Crippen LogP contribution in [0.25, 0.3) is 5.57 Å². The van der Waals surface area contributed by atoms with E-state index in [0.717, 1.165) is 24.8 Å². The van der Waals surface area contributed by atoms with Crippen molar-refractivity contribution < 1.29 is 4.92 Å². The maximum atomic E-state index is 10.8. The van der Waals surface area contributed by atoms with Gasteiger partial charge in [-0.3, -0.25) is 10.1 Å². The van der Waals surface area contributed by atoms with Crippen LogP contribution in [-0.2, 0) is 0 Å². The second-order valence-electron chi connectivity index (χ2n) is 4.01. The average molecular weight is 218 g/mol. The fourth-order valence-electron chi connectivity index (χ4n) is 2.00. The Morgan fingerprint density at radius 1 is 1.31 bits per heavy atom. The van der Waals surface area contributed by atoms with Gasteiger partial charge in [0, 0.05) is 6.07 Å². The lowest BCUT2D eigenvalue weighted by molar-refractivity contribution is -0.383. The number of hydrogen-bond donors (Lipinski definition) is 1. The molecule has 0 bridgehead atoms. The number of nitro benzene ring substituents is 1. The second kappa shape index (κ2) is 4.35. The molecule has 0 spiro atoms. The van der Waals surface area contributed by atoms with Crippen LogP contribution < -0.4 is 5.73 Å². The van der Waals surface area contributed by atoms with Gasteiger partial charge in [0.25, 0.3) is 5.69 Å². The number of nitro groups is 1. The molecule has 0 radical (unpaired) electrons. The number of nitrogens with zero attached hydrogens (tertiary/aromatic N) is 1. The number of benzene rings is 1. The summed E-state index contributed by atoms with van der Waals surface area (Å²) in [6.45, 7) is 0. The molecule has 2 N–H and O–H groups in total. The van der Waals surface area contributed by atoms with Gasteiger partial charge in [-0.15, -0.1) is 0 Å². The van der Waals surface area contributed by atoms with Crippen molar-refractivity contribution in [1.82, 2.24) is 0 Å². The van der Waals surface area contributed by atoms with Crippen LogP contribution in [0, 0.1) is 10.1 Å². The molecular formula is C12H14N2O2. The van der Waals surface area contributed by atoms with E-state index in [1.54, 1.807) is 12.1 Å². The summed E-state index contributed by atoms with van der Waals surface area (Å²) >= 11 is 0. The third-order valence-electron chi connectivity index (χ3n) is 2.89. The van der Waals surface area contributed by atoms with Crippen LogP contribution in [0.5, 0.6) is 0 Å². The van der Waals surface area contributed by atoms with Gasteiger partial charge in [-0.2, -0.15) is 0 Å². The Morgan fingerprint density at radius 3 is 2.75 bits per heavy atom. The first-order chi connectivity index (χ1) is 7.68. The molecule has 0 heterocycles. The van der Waals surface area contributed by atoms with Crippen molar-refractivity contribution in [1.29, 1.82) is 0 Å². The first-order valence-corrected chi connectivity index (χ1v) is 5.42. The van der Waals surface area contributed by atoms with Crippen molar-refractivity contribution in [2.24, 2.45) is 0 Å². The fourth-order valence-corrected chi connectivity index (χ4v) is 2.00. The van der Waals surface area contributed by atoms with Gasteiger partial charge in [0.05, 0.1) is 4.92 Å². The van der Waals surface area contributed by atoms with Gasteiger partial charge in [-0.05, 0) is 42.9 Å². The maximum Gasteiger partial charge on any atom is 0.292 e. The number of nitrogen functional groups attached to an aromatic ring is 1. The molecule has 1 aliphatic rings. The molecule has 0 unspecified atom stereocenters. The van der Waals surface area contributed by atoms with Crippen LogP contribution in [0.15, 0.2) is 24.3 Å². The first kappa shape index (κ1) is 10.7. The number of rotatable bonds is 2. The first-order valence-electron chi connectivity index (χ1n) is 5.42. The third kappa shape index (κ3) is 2.05. The Kier molecular flexibility index (Phi) is 2.90. The minimum atomic E-state index is -0.428. The number of hydrogen-bond acceptors (Lipinski definition) is 3. The van der Waals surface area contributed by atoms with Crippen LogP contribution in [-0.4, -0.2) is 4.92 Å². The normalized spacial score (nSPS) is 15.6. The zero-order valence-electron chi connectivity index (χ0n) is 8.98. The Bertz CT molecular complexity index is 452. The van der Waals surface area contributed by atoms with Crippen molar-refractivity contribution in [3.63, 3.8) is 0 Å². The molecule has 0 atom stereocenters. The van der Waals surface area contributed by atoms with Gasteiger partial charge < -0.3 is 5.73 Å². The Labute approximate surface area is 93.9 Å². The van der Waals surface area contributed by atoms with Gasteiger partial charge in [-0.25, -0.2) is 0 Å². The largest absolute Gasteiger partial charge is 0.393 e. The summed E-state index contributed by atoms with van der Waals surface area (Å²) < 4.78 is 0. The molecule has 4 heteroatoms. The molecule has 1 aliphatic carbocycles. The van der Waals surface area contributed by atoms with Gasteiger partial charge in [0.15, 0.2) is 0 Å². The van der Waals surface area contributed by atoms with Crippen molar-refractivity contribution in [3.05, 3.63) is 40.0 Å². The fraction of sp³-hybridized carbons (Fsp3) is 0.333. The zero-order chi connectivity index (χ0) is 11.5. The van der Waals surface area contributed by atoms with Gasteiger partial charge in [0.1, 0.15) is 5.69 Å². The summed E-state index contributed by atoms with van der Waals surface area (Å²) in [4.78, 5) is 10.3. The molecule has 1 aromatic carbocycles. The molecule has 2 rings (SSSR count). The molecule has 0 saturated carbocycles. The summed E-state index contributed by atoms with van der Waals surface area (Å²) in [6, 6.07) is 5.05. The highest BCUT2D eigenvalue weighted by molar-refractivity contribution is 5.72. The minimum Gasteiger partial charge on any atom is -0.393 e. The van der Waals surface area contributed by atoms with Crippen molar-refractivity contribution in [2.45, 2.75) is 25.7 Å². The van der Waals surface area contributed by atoms with Crippen molar-refractivity contribution >= 4 is 16.9 Å². The molecule has 4 nitrogen and oxygen atoms in total. The summed E-state index contributed by atoms with van der Waals surface area (Å²) in [7, 11) is 0. The van der Waals surface area contributed by atoms with Gasteiger partial charge in [-0.1, -0.05) is 12.1 Å². The lowest BCUT2D eigenvalue weighted by Crippen LogP contribution is -1.98. The molecule has 0 amide bonds. The lowest BCUT2D eigenvalue weighted by atomic mass is 9.93. The highest BCUT2D eigenvalue weighted by atomic mass is 16.6. The molecule has 84 valence electrons. The molecular weight excluding hydrogens is 204 g/mol. The van der Waals surface area contributed by atoms with Crippen LogP contribution >= 0.6 is 0 Å². The average Bonchev–Trinajstić information content (AvgIpc) is 2.30. The SMILES string of the molecule is Nc1ccc(C2=CCCCC2)cc1[N+](=O)[O-]. The summed E-state index contributed by atoms with van der Waals surface area (Å²) in [5, 5.41) is 10.8. The van der Waals surface area contributed by atoms with E-state index in [9.17, 15) is 10.1 Å². The molecule has 0 saturated heterocycles. The maximum absolute atomic E-state index is 10.8. The highest BCUT2D eigenvalue weighted by Gasteiger charge is 2.14. The van der Waals surface area contributed by atoms with E-state index in [1.165, 1.54) is 12.0 Å². The predicted octanol–water partition coefficient (Wildman–Crippen LogP) is 3.13. The van der Waals surface area contributed by atoms with E-state index < -0.39 is 4.92 Å². The van der Waals surface area contributed by atoms with Gasteiger partial charge in [0.2, 0.25) is 0 Å². The number of allylic oxidation sites excluding steroid dienone is 2. The van der Waals surface area contributed by atoms with Crippen LogP contribution in [0.3, 0.4) is 0 Å². The topological polar surface area (TPSA) is 69.2 Å². The summed E-state index contributed by atoms with van der Waals surface area (Å²) in [5.74, 6) is 0. The molecule has 1 aromatic rings. The molecule has 0 fully saturated rings. The van der Waals surface area contributed by atoms with E-state index in [4.69, 9.17) is 5.73 Å². The molecule has 16 heavy (non-hydrogen) atoms. The Balaban J connectivity index is 2.39. The quantitative estimate of drug-likeness (QED) is 0.471. The minimum absolute atomic E-state index is 0.00368. The van der Waals surface area contributed by atoms with Crippen molar-refractivity contribution in [2.75, 3.05) is 5.73 Å². The Morgan fingerprint density at radius 2 is 2.12 bits per heavy atom. The third-order valence-corrected chi connectivity index (χ3v) is 2.89. The van der Waals surface area contributed by atoms with Crippen molar-refractivity contribution in [3.8, 4) is 0 Å². The highest BCUT2D eigenvalue weighted by Crippen LogP contribution is 2.31. The van der Waals surface area contributed by atoms with Crippen LogP contribution in [0.4, 0.5) is 11.4 Å². The monoisotopic (exact) mass is 218 g/mol. The smallest absolute Gasteiger partial charge is 0.292 e. The number of anilines is 1. The van der Waals surface area contributed by atoms with E-state index in [1.807, 2.05) is 6.07 Å². The molecule has 0 aliphatic heterocycles. The zero-order valence-corrected chi connectivity index (χ0v) is 8.98. The predicted molar refractivity (Wildman–Crippen MR) is 64.0 cm³/mol. The lowest BCUT2D eigenvalue weighted by Gasteiger charge is -2.12. The summed E-state index contributed by atoms with van der Waals surface area (Å²) in [5.41, 5.74) is 7.92.